The molecule has 0 saturated carbocycles. The van der Waals surface area contributed by atoms with E-state index in [0.717, 1.165) is 11.6 Å². The van der Waals surface area contributed by atoms with Crippen LogP contribution in [0.15, 0.2) is 64.0 Å². The molecular weight excluding hydrogens is 433 g/mol. The molecule has 1 saturated heterocycles. The maximum atomic E-state index is 13.9. The van der Waals surface area contributed by atoms with Gasteiger partial charge in [0.1, 0.15) is 10.7 Å². The van der Waals surface area contributed by atoms with Gasteiger partial charge in [-0.25, -0.2) is 12.8 Å². The lowest BCUT2D eigenvalue weighted by Gasteiger charge is -2.33. The van der Waals surface area contributed by atoms with Gasteiger partial charge in [0.05, 0.1) is 0 Å². The average molecular weight is 450 g/mol. The molecule has 1 amide bonds. The van der Waals surface area contributed by atoms with Gasteiger partial charge in [0.25, 0.3) is 5.91 Å². The van der Waals surface area contributed by atoms with Crippen LogP contribution >= 0.6 is 11.6 Å². The number of carbonyl (C=O) groups is 1. The number of aromatic nitrogens is 1. The summed E-state index contributed by atoms with van der Waals surface area (Å²) in [7, 11) is -3.97. The Morgan fingerprint density at radius 1 is 1.03 bits per heavy atom. The molecule has 1 aliphatic heterocycles. The minimum absolute atomic E-state index is 0.0598. The number of rotatable bonds is 4. The number of amides is 1. The Morgan fingerprint density at radius 3 is 2.37 bits per heavy atom. The Morgan fingerprint density at radius 2 is 1.70 bits per heavy atom. The highest BCUT2D eigenvalue weighted by Gasteiger charge is 2.32. The molecule has 3 aromatic rings. The summed E-state index contributed by atoms with van der Waals surface area (Å²) < 4.78 is 45.7. The second-order valence-electron chi connectivity index (χ2n) is 6.71. The zero-order chi connectivity index (χ0) is 21.3. The van der Waals surface area contributed by atoms with E-state index in [4.69, 9.17) is 16.1 Å². The number of piperazine rings is 1. The van der Waals surface area contributed by atoms with Crippen molar-refractivity contribution in [2.24, 2.45) is 0 Å². The van der Waals surface area contributed by atoms with Crippen LogP contribution in [-0.4, -0.2) is 54.9 Å². The number of hydrogen-bond donors (Lipinski definition) is 0. The van der Waals surface area contributed by atoms with Crippen LogP contribution < -0.4 is 0 Å². The van der Waals surface area contributed by atoms with Crippen molar-refractivity contribution >= 4 is 27.5 Å². The summed E-state index contributed by atoms with van der Waals surface area (Å²) in [5.74, 6) is -0.731. The molecule has 4 rings (SSSR count). The van der Waals surface area contributed by atoms with Crippen LogP contribution in [0.25, 0.3) is 11.3 Å². The first-order chi connectivity index (χ1) is 14.4. The summed E-state index contributed by atoms with van der Waals surface area (Å²) >= 11 is 5.87. The Kier molecular flexibility index (Phi) is 5.59. The number of nitrogens with zero attached hydrogens (tertiary/aromatic N) is 3. The smallest absolute Gasteiger partial charge is 0.276 e. The summed E-state index contributed by atoms with van der Waals surface area (Å²) in [5.41, 5.74) is 0.858. The van der Waals surface area contributed by atoms with E-state index in [2.05, 4.69) is 5.16 Å². The molecule has 1 aromatic heterocycles. The zero-order valence-corrected chi connectivity index (χ0v) is 17.2. The van der Waals surface area contributed by atoms with E-state index in [1.54, 1.807) is 24.3 Å². The largest absolute Gasteiger partial charge is 0.355 e. The molecule has 7 nitrogen and oxygen atoms in total. The van der Waals surface area contributed by atoms with Gasteiger partial charge in [-0.1, -0.05) is 28.9 Å². The van der Waals surface area contributed by atoms with Crippen molar-refractivity contribution in [2.75, 3.05) is 26.2 Å². The van der Waals surface area contributed by atoms with Crippen LogP contribution in [0.3, 0.4) is 0 Å². The van der Waals surface area contributed by atoms with E-state index >= 15 is 0 Å². The fourth-order valence-electron chi connectivity index (χ4n) is 3.21. The van der Waals surface area contributed by atoms with Gasteiger partial charge in [-0.3, -0.25) is 4.79 Å². The first-order valence-corrected chi connectivity index (χ1v) is 10.9. The van der Waals surface area contributed by atoms with Crippen molar-refractivity contribution in [1.82, 2.24) is 14.4 Å². The number of hydrogen-bond acceptors (Lipinski definition) is 5. The van der Waals surface area contributed by atoms with Crippen molar-refractivity contribution in [3.63, 3.8) is 0 Å². The lowest BCUT2D eigenvalue weighted by atomic mass is 10.1. The minimum atomic E-state index is -3.97. The van der Waals surface area contributed by atoms with Crippen molar-refractivity contribution in [1.29, 1.82) is 0 Å². The van der Waals surface area contributed by atoms with Crippen LogP contribution in [0.5, 0.6) is 0 Å². The van der Waals surface area contributed by atoms with Gasteiger partial charge < -0.3 is 9.42 Å². The maximum Gasteiger partial charge on any atom is 0.276 e. The zero-order valence-electron chi connectivity index (χ0n) is 15.7. The second kappa shape index (κ2) is 8.17. The van der Waals surface area contributed by atoms with Gasteiger partial charge in [0.2, 0.25) is 10.0 Å². The van der Waals surface area contributed by atoms with Crippen molar-refractivity contribution < 1.29 is 22.1 Å². The van der Waals surface area contributed by atoms with Gasteiger partial charge in [0, 0.05) is 42.8 Å². The molecule has 10 heteroatoms. The van der Waals surface area contributed by atoms with Gasteiger partial charge in [-0.05, 0) is 36.4 Å². The van der Waals surface area contributed by atoms with Crippen molar-refractivity contribution in [3.8, 4) is 11.3 Å². The van der Waals surface area contributed by atoms with E-state index in [-0.39, 0.29) is 42.7 Å². The predicted octanol–water partition coefficient (Wildman–Crippen LogP) is 3.28. The SMILES string of the molecule is O=C(c1cc(-c2ccc(Cl)cc2)on1)N1CCN(S(=O)(=O)c2ccccc2F)CC1. The van der Waals surface area contributed by atoms with Crippen LogP contribution in [0, 0.1) is 5.82 Å². The van der Waals surface area contributed by atoms with E-state index < -0.39 is 15.8 Å². The summed E-state index contributed by atoms with van der Waals surface area (Å²) in [6, 6.07) is 13.7. The highest BCUT2D eigenvalue weighted by atomic mass is 35.5. The molecule has 156 valence electrons. The molecule has 0 unspecified atom stereocenters. The Bertz CT molecular complexity index is 1170. The Labute approximate surface area is 177 Å². The molecule has 0 radical (unpaired) electrons. The van der Waals surface area contributed by atoms with Crippen LogP contribution in [-0.2, 0) is 10.0 Å². The molecule has 1 fully saturated rings. The number of carbonyl (C=O) groups excluding carboxylic acids is 1. The van der Waals surface area contributed by atoms with Crippen molar-refractivity contribution in [2.45, 2.75) is 4.90 Å². The van der Waals surface area contributed by atoms with Gasteiger partial charge >= 0.3 is 0 Å². The summed E-state index contributed by atoms with van der Waals surface area (Å²) in [6.45, 7) is 0.444. The fourth-order valence-corrected chi connectivity index (χ4v) is 4.83. The molecule has 0 aliphatic carbocycles. The predicted molar refractivity (Wildman–Crippen MR) is 108 cm³/mol. The number of halogens is 2. The molecule has 0 N–H and O–H groups in total. The first-order valence-electron chi connectivity index (χ1n) is 9.13. The third-order valence-corrected chi connectivity index (χ3v) is 7.02. The summed E-state index contributed by atoms with van der Waals surface area (Å²) in [4.78, 5) is 13.9. The molecule has 2 heterocycles. The fraction of sp³-hybridized carbons (Fsp3) is 0.200. The molecule has 1 aliphatic rings. The summed E-state index contributed by atoms with van der Waals surface area (Å²) in [5, 5.41) is 4.42. The monoisotopic (exact) mass is 449 g/mol. The maximum absolute atomic E-state index is 13.9. The van der Waals surface area contributed by atoms with Crippen LogP contribution in [0.1, 0.15) is 10.5 Å². The average Bonchev–Trinajstić information content (AvgIpc) is 3.24. The molecular formula is C20H17ClFN3O4S. The van der Waals surface area contributed by atoms with Gasteiger partial charge in [0.15, 0.2) is 11.5 Å². The molecule has 30 heavy (non-hydrogen) atoms. The molecule has 2 aromatic carbocycles. The Hall–Kier alpha value is -2.75. The van der Waals surface area contributed by atoms with Gasteiger partial charge in [-0.2, -0.15) is 4.31 Å². The van der Waals surface area contributed by atoms with E-state index in [9.17, 15) is 17.6 Å². The molecule has 0 spiro atoms. The summed E-state index contributed by atoms with van der Waals surface area (Å²) in [6.07, 6.45) is 0. The molecule has 0 atom stereocenters. The third kappa shape index (κ3) is 3.96. The number of benzene rings is 2. The lowest BCUT2D eigenvalue weighted by molar-refractivity contribution is 0.0687. The van der Waals surface area contributed by atoms with Crippen molar-refractivity contribution in [3.05, 3.63) is 71.1 Å². The lowest BCUT2D eigenvalue weighted by Crippen LogP contribution is -2.50. The quantitative estimate of drug-likeness (QED) is 0.610. The topological polar surface area (TPSA) is 83.7 Å². The number of sulfonamides is 1. The van der Waals surface area contributed by atoms with E-state index in [1.165, 1.54) is 33.5 Å². The standard InChI is InChI=1S/C20H17ClFN3O4S/c21-15-7-5-14(6-8-15)18-13-17(23-29-18)20(26)24-9-11-25(12-10-24)30(27,28)19-4-2-1-3-16(19)22/h1-8,13H,9-12H2. The highest BCUT2D eigenvalue weighted by Crippen LogP contribution is 2.24. The highest BCUT2D eigenvalue weighted by molar-refractivity contribution is 7.89. The van der Waals surface area contributed by atoms with Crippen LogP contribution in [0.4, 0.5) is 4.39 Å². The van der Waals surface area contributed by atoms with E-state index in [1.807, 2.05) is 0 Å². The van der Waals surface area contributed by atoms with Crippen LogP contribution in [0.2, 0.25) is 5.02 Å². The minimum Gasteiger partial charge on any atom is -0.355 e. The second-order valence-corrected chi connectivity index (χ2v) is 9.05. The first kappa shape index (κ1) is 20.5. The Balaban J connectivity index is 1.44. The third-order valence-electron chi connectivity index (χ3n) is 4.84. The van der Waals surface area contributed by atoms with Gasteiger partial charge in [-0.15, -0.1) is 0 Å². The normalized spacial score (nSPS) is 15.3. The van der Waals surface area contributed by atoms with E-state index in [0.29, 0.717) is 10.8 Å². The molecule has 0 bridgehead atoms.